The van der Waals surface area contributed by atoms with Crippen molar-refractivity contribution in [3.8, 4) is 0 Å². The molecule has 0 aliphatic rings. The van der Waals surface area contributed by atoms with Crippen LogP contribution in [0.2, 0.25) is 0 Å². The summed E-state index contributed by atoms with van der Waals surface area (Å²) in [4.78, 5) is 22.3. The lowest BCUT2D eigenvalue weighted by molar-refractivity contribution is 0.0531. The molecule has 82 valence electrons. The summed E-state index contributed by atoms with van der Waals surface area (Å²) in [5.41, 5.74) is 0.597. The predicted molar refractivity (Wildman–Crippen MR) is 56.2 cm³/mol. The van der Waals surface area contributed by atoms with Crippen LogP contribution in [0.25, 0.3) is 0 Å². The van der Waals surface area contributed by atoms with Crippen molar-refractivity contribution in [1.29, 1.82) is 0 Å². The lowest BCUT2D eigenvalue weighted by Crippen LogP contribution is -2.27. The highest BCUT2D eigenvalue weighted by molar-refractivity contribution is 5.82. The van der Waals surface area contributed by atoms with Gasteiger partial charge in [0.15, 0.2) is 6.29 Å². The number of ether oxygens (including phenoxy) is 1. The molecule has 0 fully saturated rings. The van der Waals surface area contributed by atoms with Gasteiger partial charge < -0.3 is 4.74 Å². The number of nitrogens with zero attached hydrogens (tertiary/aromatic N) is 1. The Labute approximate surface area is 88.8 Å². The van der Waals surface area contributed by atoms with Crippen LogP contribution in [0.3, 0.4) is 0 Å². The third-order valence-corrected chi connectivity index (χ3v) is 1.70. The Morgan fingerprint density at radius 1 is 1.47 bits per heavy atom. The van der Waals surface area contributed by atoms with Gasteiger partial charge in [-0.15, -0.1) is 0 Å². The molecule has 1 aromatic heterocycles. The van der Waals surface area contributed by atoms with Crippen LogP contribution in [0.15, 0.2) is 12.3 Å². The number of carbonyl (C=O) groups is 2. The maximum atomic E-state index is 11.6. The summed E-state index contributed by atoms with van der Waals surface area (Å²) in [6, 6.07) is 1.64. The second kappa shape index (κ2) is 3.88. The standard InChI is InChI=1S/C11H15NO3/c1-8-5-9(7-13)12(6-8)10(14)15-11(2,3)4/h5-7H,1-4H3. The molecule has 0 N–H and O–H groups in total. The van der Waals surface area contributed by atoms with Crippen LogP contribution < -0.4 is 0 Å². The molecule has 0 amide bonds. The number of hydrogen-bond acceptors (Lipinski definition) is 3. The summed E-state index contributed by atoms with van der Waals surface area (Å²) in [6.07, 6.45) is 1.69. The highest BCUT2D eigenvalue weighted by Gasteiger charge is 2.19. The average Bonchev–Trinajstić information content (AvgIpc) is 2.43. The van der Waals surface area contributed by atoms with E-state index in [2.05, 4.69) is 0 Å². The van der Waals surface area contributed by atoms with Crippen LogP contribution in [0.4, 0.5) is 4.79 Å². The van der Waals surface area contributed by atoms with Crippen LogP contribution in [-0.2, 0) is 4.74 Å². The topological polar surface area (TPSA) is 48.3 Å². The largest absolute Gasteiger partial charge is 0.443 e. The quantitative estimate of drug-likeness (QED) is 0.667. The number of rotatable bonds is 1. The Bertz CT molecular complexity index is 385. The van der Waals surface area contributed by atoms with E-state index in [4.69, 9.17) is 4.74 Å². The summed E-state index contributed by atoms with van der Waals surface area (Å²) in [5.74, 6) is 0. The van der Waals surface area contributed by atoms with Gasteiger partial charge in [0.2, 0.25) is 0 Å². The van der Waals surface area contributed by atoms with E-state index in [1.165, 1.54) is 4.57 Å². The van der Waals surface area contributed by atoms with Crippen LogP contribution in [0.5, 0.6) is 0 Å². The highest BCUT2D eigenvalue weighted by Crippen LogP contribution is 2.12. The molecule has 0 aliphatic carbocycles. The van der Waals surface area contributed by atoms with E-state index >= 15 is 0 Å². The SMILES string of the molecule is Cc1cc(C=O)n(C(=O)OC(C)(C)C)c1. The molecule has 1 aromatic rings. The zero-order valence-electron chi connectivity index (χ0n) is 9.40. The first-order valence-electron chi connectivity index (χ1n) is 4.71. The van der Waals surface area contributed by atoms with Crippen molar-refractivity contribution in [2.24, 2.45) is 0 Å². The lowest BCUT2D eigenvalue weighted by Gasteiger charge is -2.19. The zero-order chi connectivity index (χ0) is 11.6. The zero-order valence-corrected chi connectivity index (χ0v) is 9.40. The smallest absolute Gasteiger partial charge is 0.419 e. The monoisotopic (exact) mass is 209 g/mol. The Balaban J connectivity index is 2.95. The molecule has 4 nitrogen and oxygen atoms in total. The van der Waals surface area contributed by atoms with E-state index in [-0.39, 0.29) is 0 Å². The van der Waals surface area contributed by atoms with Crippen molar-refractivity contribution < 1.29 is 14.3 Å². The Morgan fingerprint density at radius 2 is 2.07 bits per heavy atom. The average molecular weight is 209 g/mol. The van der Waals surface area contributed by atoms with Gasteiger partial charge in [0.05, 0.1) is 5.69 Å². The van der Waals surface area contributed by atoms with Gasteiger partial charge in [-0.05, 0) is 39.3 Å². The number of carbonyl (C=O) groups excluding carboxylic acids is 2. The Kier molecular flexibility index (Phi) is 2.98. The Hall–Kier alpha value is -1.58. The molecule has 0 aromatic carbocycles. The van der Waals surface area contributed by atoms with E-state index in [0.717, 1.165) is 5.56 Å². The van der Waals surface area contributed by atoms with E-state index in [9.17, 15) is 9.59 Å². The summed E-state index contributed by atoms with van der Waals surface area (Å²) in [6.45, 7) is 7.15. The first kappa shape index (κ1) is 11.5. The van der Waals surface area contributed by atoms with E-state index in [1.807, 2.05) is 6.92 Å². The number of aldehydes is 1. The third kappa shape index (κ3) is 2.94. The van der Waals surface area contributed by atoms with Gasteiger partial charge in [0.1, 0.15) is 5.60 Å². The molecule has 1 rings (SSSR count). The molecular formula is C11H15NO3. The predicted octanol–water partition coefficient (Wildman–Crippen LogP) is 2.39. The third-order valence-electron chi connectivity index (χ3n) is 1.70. The van der Waals surface area contributed by atoms with Crippen LogP contribution in [0, 0.1) is 6.92 Å². The van der Waals surface area contributed by atoms with Crippen LogP contribution in [-0.4, -0.2) is 22.5 Å². The van der Waals surface area contributed by atoms with Gasteiger partial charge >= 0.3 is 6.09 Å². The number of hydrogen-bond donors (Lipinski definition) is 0. The van der Waals surface area contributed by atoms with Gasteiger partial charge in [-0.3, -0.25) is 4.79 Å². The second-order valence-corrected chi connectivity index (χ2v) is 4.41. The van der Waals surface area contributed by atoms with Crippen molar-refractivity contribution in [2.75, 3.05) is 0 Å². The maximum Gasteiger partial charge on any atom is 0.419 e. The minimum Gasteiger partial charge on any atom is -0.443 e. The summed E-state index contributed by atoms with van der Waals surface area (Å²) < 4.78 is 6.36. The minimum absolute atomic E-state index is 0.307. The summed E-state index contributed by atoms with van der Waals surface area (Å²) in [7, 11) is 0. The fourth-order valence-electron chi connectivity index (χ4n) is 1.18. The van der Waals surface area contributed by atoms with Crippen molar-refractivity contribution in [3.63, 3.8) is 0 Å². The van der Waals surface area contributed by atoms with E-state index < -0.39 is 11.7 Å². The molecule has 0 aliphatic heterocycles. The molecule has 0 atom stereocenters. The minimum atomic E-state index is -0.560. The second-order valence-electron chi connectivity index (χ2n) is 4.41. The van der Waals surface area contributed by atoms with Crippen molar-refractivity contribution in [2.45, 2.75) is 33.3 Å². The highest BCUT2D eigenvalue weighted by atomic mass is 16.6. The maximum absolute atomic E-state index is 11.6. The van der Waals surface area contributed by atoms with Gasteiger partial charge in [-0.2, -0.15) is 0 Å². The molecular weight excluding hydrogens is 194 g/mol. The molecule has 0 bridgehead atoms. The van der Waals surface area contributed by atoms with Crippen molar-refractivity contribution in [1.82, 2.24) is 4.57 Å². The van der Waals surface area contributed by atoms with E-state index in [0.29, 0.717) is 12.0 Å². The van der Waals surface area contributed by atoms with Crippen molar-refractivity contribution in [3.05, 3.63) is 23.5 Å². The molecule has 0 radical (unpaired) electrons. The van der Waals surface area contributed by atoms with E-state index in [1.54, 1.807) is 33.0 Å². The normalized spacial score (nSPS) is 11.2. The number of aryl methyl sites for hydroxylation is 1. The van der Waals surface area contributed by atoms with Gasteiger partial charge in [0, 0.05) is 6.20 Å². The molecule has 1 heterocycles. The fourth-order valence-corrected chi connectivity index (χ4v) is 1.18. The summed E-state index contributed by atoms with van der Waals surface area (Å²) >= 11 is 0. The Morgan fingerprint density at radius 3 is 2.53 bits per heavy atom. The molecule has 15 heavy (non-hydrogen) atoms. The number of aromatic nitrogens is 1. The van der Waals surface area contributed by atoms with Crippen LogP contribution in [0.1, 0.15) is 36.8 Å². The lowest BCUT2D eigenvalue weighted by atomic mass is 10.2. The van der Waals surface area contributed by atoms with Crippen LogP contribution >= 0.6 is 0 Å². The first-order valence-corrected chi connectivity index (χ1v) is 4.71. The molecule has 4 heteroatoms. The van der Waals surface area contributed by atoms with Gasteiger partial charge in [-0.1, -0.05) is 0 Å². The van der Waals surface area contributed by atoms with Crippen molar-refractivity contribution >= 4 is 12.4 Å². The summed E-state index contributed by atoms with van der Waals surface area (Å²) in [5, 5.41) is 0. The molecule has 0 saturated heterocycles. The van der Waals surface area contributed by atoms with Gasteiger partial charge in [0.25, 0.3) is 0 Å². The van der Waals surface area contributed by atoms with Gasteiger partial charge in [-0.25, -0.2) is 9.36 Å². The fraction of sp³-hybridized carbons (Fsp3) is 0.455. The molecule has 0 unspecified atom stereocenters. The first-order chi connectivity index (χ1) is 6.83. The molecule has 0 saturated carbocycles. The molecule has 0 spiro atoms.